The predicted octanol–water partition coefficient (Wildman–Crippen LogP) is 8.10. The molecule has 1 N–H and O–H groups in total. The van der Waals surface area contributed by atoms with Crippen molar-refractivity contribution >= 4 is 5.97 Å². The van der Waals surface area contributed by atoms with E-state index in [1.165, 1.54) is 50.5 Å². The van der Waals surface area contributed by atoms with Gasteiger partial charge in [0, 0.05) is 12.3 Å². The number of carbonyl (C=O) groups is 1. The second kappa shape index (κ2) is 8.88. The lowest BCUT2D eigenvalue weighted by atomic mass is 9.35. The molecule has 4 fully saturated rings. The summed E-state index contributed by atoms with van der Waals surface area (Å²) in [5.74, 6) is 2.21. The molecule has 0 radical (unpaired) electrons. The SMILES string of the molecule is CC(=O)O[C@H]1CC[C@]2(C)[C@H]3CC[C@H]4[C@@H]([C@@](C)(O)CCC=C(C)C)CC[C@@]4(C)[C@]3(C)CC[C@H]2C1(C)C. The van der Waals surface area contributed by atoms with Crippen LogP contribution in [0.3, 0.4) is 0 Å². The van der Waals surface area contributed by atoms with Gasteiger partial charge in [-0.25, -0.2) is 0 Å². The van der Waals surface area contributed by atoms with Gasteiger partial charge in [0.2, 0.25) is 0 Å². The van der Waals surface area contributed by atoms with Crippen molar-refractivity contribution in [2.75, 3.05) is 0 Å². The van der Waals surface area contributed by atoms with Gasteiger partial charge in [0.1, 0.15) is 6.10 Å². The van der Waals surface area contributed by atoms with Gasteiger partial charge < -0.3 is 9.84 Å². The molecule has 4 aliphatic carbocycles. The van der Waals surface area contributed by atoms with Crippen molar-refractivity contribution in [3.63, 3.8) is 0 Å². The van der Waals surface area contributed by atoms with Gasteiger partial charge in [0.25, 0.3) is 0 Å². The first-order valence-corrected chi connectivity index (χ1v) is 14.6. The Morgan fingerprint density at radius 2 is 1.57 bits per heavy atom. The molecule has 0 unspecified atom stereocenters. The summed E-state index contributed by atoms with van der Waals surface area (Å²) in [7, 11) is 0. The Hall–Kier alpha value is -0.830. The molecule has 0 aromatic rings. The van der Waals surface area contributed by atoms with Crippen LogP contribution in [0.1, 0.15) is 127 Å². The minimum absolute atomic E-state index is 0.0184. The van der Waals surface area contributed by atoms with Gasteiger partial charge in [0.15, 0.2) is 0 Å². The summed E-state index contributed by atoms with van der Waals surface area (Å²) in [5.41, 5.74) is 1.70. The molecule has 4 rings (SSSR count). The summed E-state index contributed by atoms with van der Waals surface area (Å²) in [6, 6.07) is 0. The maximum absolute atomic E-state index is 11.9. The highest BCUT2D eigenvalue weighted by atomic mass is 16.5. The average Bonchev–Trinajstić information content (AvgIpc) is 3.09. The topological polar surface area (TPSA) is 46.5 Å². The first-order valence-electron chi connectivity index (χ1n) is 14.6. The highest BCUT2D eigenvalue weighted by molar-refractivity contribution is 5.66. The van der Waals surface area contributed by atoms with Crippen molar-refractivity contribution in [1.82, 2.24) is 0 Å². The van der Waals surface area contributed by atoms with Crippen LogP contribution in [-0.4, -0.2) is 22.8 Å². The van der Waals surface area contributed by atoms with Crippen LogP contribution < -0.4 is 0 Å². The summed E-state index contributed by atoms with van der Waals surface area (Å²) < 4.78 is 5.88. The van der Waals surface area contributed by atoms with Gasteiger partial charge in [-0.3, -0.25) is 4.79 Å². The van der Waals surface area contributed by atoms with Gasteiger partial charge in [0.05, 0.1) is 5.60 Å². The lowest BCUT2D eigenvalue weighted by molar-refractivity contribution is -0.229. The molecular weight excluding hydrogens is 432 g/mol. The van der Waals surface area contributed by atoms with E-state index in [2.05, 4.69) is 61.5 Å². The smallest absolute Gasteiger partial charge is 0.302 e. The monoisotopic (exact) mass is 486 g/mol. The van der Waals surface area contributed by atoms with Crippen molar-refractivity contribution < 1.29 is 14.6 Å². The minimum atomic E-state index is -0.581. The Bertz CT molecular complexity index is 851. The highest BCUT2D eigenvalue weighted by Crippen LogP contribution is 2.75. The zero-order chi connectivity index (χ0) is 26.0. The van der Waals surface area contributed by atoms with E-state index < -0.39 is 5.60 Å². The van der Waals surface area contributed by atoms with E-state index in [0.717, 1.165) is 19.3 Å². The summed E-state index contributed by atoms with van der Waals surface area (Å²) in [6.45, 7) is 20.6. The maximum Gasteiger partial charge on any atom is 0.302 e. The normalized spacial score (nSPS) is 45.9. The van der Waals surface area contributed by atoms with Crippen LogP contribution in [0.5, 0.6) is 0 Å². The van der Waals surface area contributed by atoms with Crippen molar-refractivity contribution in [2.24, 2.45) is 45.3 Å². The van der Waals surface area contributed by atoms with E-state index in [-0.39, 0.29) is 17.5 Å². The molecule has 4 aliphatic rings. The largest absolute Gasteiger partial charge is 0.462 e. The van der Waals surface area contributed by atoms with E-state index in [1.807, 2.05) is 0 Å². The number of esters is 1. The molecule has 3 nitrogen and oxygen atoms in total. The molecule has 200 valence electrons. The Morgan fingerprint density at radius 1 is 0.914 bits per heavy atom. The number of hydrogen-bond acceptors (Lipinski definition) is 3. The van der Waals surface area contributed by atoms with Gasteiger partial charge >= 0.3 is 5.97 Å². The number of aliphatic hydroxyl groups is 1. The van der Waals surface area contributed by atoms with Crippen molar-refractivity contribution in [1.29, 1.82) is 0 Å². The van der Waals surface area contributed by atoms with Gasteiger partial charge in [-0.2, -0.15) is 0 Å². The molecule has 0 aliphatic heterocycles. The van der Waals surface area contributed by atoms with Crippen molar-refractivity contribution in [2.45, 2.75) is 138 Å². The molecule has 0 aromatic carbocycles. The lowest BCUT2D eigenvalue weighted by Crippen LogP contribution is -2.64. The van der Waals surface area contributed by atoms with E-state index in [9.17, 15) is 9.90 Å². The van der Waals surface area contributed by atoms with Crippen molar-refractivity contribution in [3.8, 4) is 0 Å². The number of allylic oxidation sites excluding steroid dienone is 2. The molecule has 3 heteroatoms. The Labute approximate surface area is 215 Å². The number of rotatable bonds is 5. The molecule has 0 spiro atoms. The molecular formula is C32H54O3. The standard InChI is InChI=1S/C32H54O3/c1-21(2)11-10-17-32(9,34)24-14-19-30(7)23(24)12-13-26-29(6)18-16-27(35-22(3)33)28(4,5)25(29)15-20-31(26,30)8/h11,23-27,34H,10,12-20H2,1-9H3/t23-,24-,25-,26+,27-,29-,30+,31+,32-/m0/s1. The maximum atomic E-state index is 11.9. The van der Waals surface area contributed by atoms with Crippen LogP contribution in [0.15, 0.2) is 11.6 Å². The molecule has 0 saturated heterocycles. The molecule has 9 atom stereocenters. The van der Waals surface area contributed by atoms with Crippen LogP contribution in [0, 0.1) is 45.3 Å². The van der Waals surface area contributed by atoms with Gasteiger partial charge in [-0.05, 0) is 125 Å². The third-order valence-corrected chi connectivity index (χ3v) is 12.6. The van der Waals surface area contributed by atoms with E-state index in [4.69, 9.17) is 4.74 Å². The molecule has 0 amide bonds. The summed E-state index contributed by atoms with van der Waals surface area (Å²) >= 11 is 0. The molecule has 0 bridgehead atoms. The zero-order valence-electron chi connectivity index (χ0n) is 24.3. The fourth-order valence-electron chi connectivity index (χ4n) is 10.7. The molecule has 0 heterocycles. The van der Waals surface area contributed by atoms with Crippen LogP contribution in [0.4, 0.5) is 0 Å². The fourth-order valence-corrected chi connectivity index (χ4v) is 10.7. The van der Waals surface area contributed by atoms with Crippen LogP contribution in [0.2, 0.25) is 0 Å². The molecule has 4 saturated carbocycles. The first kappa shape index (κ1) is 27.2. The Morgan fingerprint density at radius 3 is 2.20 bits per heavy atom. The Kier molecular flexibility index (Phi) is 6.91. The third-order valence-electron chi connectivity index (χ3n) is 12.6. The lowest BCUT2D eigenvalue weighted by Gasteiger charge is -2.70. The third kappa shape index (κ3) is 4.15. The second-order valence-electron chi connectivity index (χ2n) is 14.9. The summed E-state index contributed by atoms with van der Waals surface area (Å²) in [6.07, 6.45) is 13.8. The number of carbonyl (C=O) groups excluding carboxylic acids is 1. The van der Waals surface area contributed by atoms with Gasteiger partial charge in [-0.15, -0.1) is 0 Å². The predicted molar refractivity (Wildman–Crippen MR) is 144 cm³/mol. The summed E-state index contributed by atoms with van der Waals surface area (Å²) in [4.78, 5) is 11.9. The van der Waals surface area contributed by atoms with Crippen LogP contribution in [0.25, 0.3) is 0 Å². The highest BCUT2D eigenvalue weighted by Gasteiger charge is 2.69. The summed E-state index contributed by atoms with van der Waals surface area (Å²) in [5, 5.41) is 11.7. The van der Waals surface area contributed by atoms with Crippen molar-refractivity contribution in [3.05, 3.63) is 11.6 Å². The van der Waals surface area contributed by atoms with Crippen LogP contribution in [-0.2, 0) is 9.53 Å². The number of hydrogen-bond donors (Lipinski definition) is 1. The number of fused-ring (bicyclic) bond motifs is 5. The van der Waals surface area contributed by atoms with Gasteiger partial charge in [-0.1, -0.05) is 46.3 Å². The number of ether oxygens (including phenoxy) is 1. The van der Waals surface area contributed by atoms with E-state index >= 15 is 0 Å². The molecule has 0 aromatic heterocycles. The zero-order valence-corrected chi connectivity index (χ0v) is 24.3. The second-order valence-corrected chi connectivity index (χ2v) is 14.9. The Balaban J connectivity index is 1.60. The fraction of sp³-hybridized carbons (Fsp3) is 0.906. The van der Waals surface area contributed by atoms with E-state index in [1.54, 1.807) is 6.92 Å². The van der Waals surface area contributed by atoms with Crippen LogP contribution >= 0.6 is 0 Å². The average molecular weight is 487 g/mol. The minimum Gasteiger partial charge on any atom is -0.462 e. The quantitative estimate of drug-likeness (QED) is 0.315. The molecule has 35 heavy (non-hydrogen) atoms. The first-order chi connectivity index (χ1) is 16.1. The van der Waals surface area contributed by atoms with E-state index in [0.29, 0.717) is 39.9 Å².